The minimum absolute atomic E-state index is 0.0615. The number of fused-ring (bicyclic) bond motifs is 1. The van der Waals surface area contributed by atoms with Crippen LogP contribution < -0.4 is 10.9 Å². The molecule has 0 saturated carbocycles. The van der Waals surface area contributed by atoms with Gasteiger partial charge in [0.25, 0.3) is 5.91 Å². The molecule has 0 aliphatic carbocycles. The molecule has 3 rings (SSSR count). The lowest BCUT2D eigenvalue weighted by molar-refractivity contribution is -0.121. The van der Waals surface area contributed by atoms with Gasteiger partial charge in [-0.05, 0) is 41.6 Å². The maximum absolute atomic E-state index is 12.8. The average molecular weight is 342 g/mol. The molecule has 2 N–H and O–H groups in total. The molecule has 1 heterocycles. The average Bonchev–Trinajstić information content (AvgIpc) is 2.92. The number of carbonyl (C=O) groups excluding carboxylic acids is 2. The van der Waals surface area contributed by atoms with Crippen LogP contribution in [-0.2, 0) is 11.2 Å². The van der Waals surface area contributed by atoms with Gasteiger partial charge in [-0.1, -0.05) is 30.3 Å². The fourth-order valence-corrected chi connectivity index (χ4v) is 3.51. The molecule has 0 bridgehead atoms. The van der Waals surface area contributed by atoms with Crippen LogP contribution in [0.15, 0.2) is 48.5 Å². The van der Waals surface area contributed by atoms with Gasteiger partial charge in [-0.25, -0.2) is 4.39 Å². The van der Waals surface area contributed by atoms with E-state index in [1.807, 2.05) is 31.2 Å². The smallest absolute Gasteiger partial charge is 0.273 e. The quantitative estimate of drug-likeness (QED) is 0.717. The van der Waals surface area contributed by atoms with Crippen molar-refractivity contribution >= 4 is 33.2 Å². The first-order valence-corrected chi connectivity index (χ1v) is 8.18. The summed E-state index contributed by atoms with van der Waals surface area (Å²) in [6, 6.07) is 13.4. The topological polar surface area (TPSA) is 58.2 Å². The molecule has 0 spiro atoms. The summed E-state index contributed by atoms with van der Waals surface area (Å²) in [6.45, 7) is 1.88. The number of halogens is 1. The van der Waals surface area contributed by atoms with Gasteiger partial charge < -0.3 is 0 Å². The van der Waals surface area contributed by atoms with Crippen molar-refractivity contribution in [3.8, 4) is 0 Å². The summed E-state index contributed by atoms with van der Waals surface area (Å²) >= 11 is 1.38. The number of hydrogen-bond donors (Lipinski definition) is 2. The van der Waals surface area contributed by atoms with Crippen molar-refractivity contribution in [2.45, 2.75) is 13.3 Å². The third-order valence-corrected chi connectivity index (χ3v) is 4.91. The predicted molar refractivity (Wildman–Crippen MR) is 92.3 cm³/mol. The Morgan fingerprint density at radius 2 is 1.75 bits per heavy atom. The Balaban J connectivity index is 1.63. The van der Waals surface area contributed by atoms with Crippen LogP contribution in [0.4, 0.5) is 4.39 Å². The largest absolute Gasteiger partial charge is 0.280 e. The second kappa shape index (κ2) is 6.80. The van der Waals surface area contributed by atoms with Gasteiger partial charge in [0.1, 0.15) is 5.82 Å². The molecular formula is C18H15FN2O2S. The second-order valence-electron chi connectivity index (χ2n) is 5.36. The molecule has 122 valence electrons. The number of aryl methyl sites for hydroxylation is 1. The standard InChI is InChI=1S/C18H15FN2O2S/c1-11-14-4-2-3-5-15(14)24-17(11)18(23)21-20-16(22)10-12-6-8-13(19)9-7-12/h2-9H,10H2,1H3,(H,20,22)(H,21,23). The molecule has 0 unspecified atom stereocenters. The Morgan fingerprint density at radius 1 is 1.04 bits per heavy atom. The molecule has 0 aliphatic rings. The zero-order chi connectivity index (χ0) is 17.1. The highest BCUT2D eigenvalue weighted by molar-refractivity contribution is 7.21. The Hall–Kier alpha value is -2.73. The maximum atomic E-state index is 12.8. The summed E-state index contributed by atoms with van der Waals surface area (Å²) in [7, 11) is 0. The van der Waals surface area contributed by atoms with E-state index in [9.17, 15) is 14.0 Å². The first-order chi connectivity index (χ1) is 11.5. The van der Waals surface area contributed by atoms with Crippen LogP contribution in [0.5, 0.6) is 0 Å². The third-order valence-electron chi connectivity index (χ3n) is 3.64. The monoisotopic (exact) mass is 342 g/mol. The van der Waals surface area contributed by atoms with E-state index in [0.717, 1.165) is 15.6 Å². The van der Waals surface area contributed by atoms with E-state index in [1.54, 1.807) is 0 Å². The molecule has 3 aromatic rings. The molecule has 0 radical (unpaired) electrons. The molecular weight excluding hydrogens is 327 g/mol. The van der Waals surface area contributed by atoms with Crippen LogP contribution >= 0.6 is 11.3 Å². The van der Waals surface area contributed by atoms with Gasteiger partial charge >= 0.3 is 0 Å². The predicted octanol–water partition coefficient (Wildman–Crippen LogP) is 3.35. The second-order valence-corrected chi connectivity index (χ2v) is 6.41. The van der Waals surface area contributed by atoms with Crippen LogP contribution in [0.1, 0.15) is 20.8 Å². The molecule has 0 fully saturated rings. The van der Waals surface area contributed by atoms with Crippen molar-refractivity contribution in [3.05, 3.63) is 70.4 Å². The van der Waals surface area contributed by atoms with Gasteiger partial charge in [-0.15, -0.1) is 11.3 Å². The van der Waals surface area contributed by atoms with E-state index in [0.29, 0.717) is 10.4 Å². The van der Waals surface area contributed by atoms with Crippen molar-refractivity contribution in [1.82, 2.24) is 10.9 Å². The Kier molecular flexibility index (Phi) is 4.57. The molecule has 4 nitrogen and oxygen atoms in total. The normalized spacial score (nSPS) is 10.6. The lowest BCUT2D eigenvalue weighted by atomic mass is 10.1. The Morgan fingerprint density at radius 3 is 2.46 bits per heavy atom. The van der Waals surface area contributed by atoms with Gasteiger partial charge in [0.05, 0.1) is 11.3 Å². The molecule has 0 atom stereocenters. The number of hydrogen-bond acceptors (Lipinski definition) is 3. The van der Waals surface area contributed by atoms with Crippen LogP contribution in [0.25, 0.3) is 10.1 Å². The summed E-state index contributed by atoms with van der Waals surface area (Å²) in [5.74, 6) is -1.07. The maximum Gasteiger partial charge on any atom is 0.280 e. The van der Waals surface area contributed by atoms with Crippen molar-refractivity contribution < 1.29 is 14.0 Å². The van der Waals surface area contributed by atoms with E-state index in [4.69, 9.17) is 0 Å². The first-order valence-electron chi connectivity index (χ1n) is 7.36. The Bertz CT molecular complexity index is 903. The fourth-order valence-electron chi connectivity index (χ4n) is 2.41. The lowest BCUT2D eigenvalue weighted by Gasteiger charge is -2.07. The third kappa shape index (κ3) is 3.44. The fraction of sp³-hybridized carbons (Fsp3) is 0.111. The Labute approximate surface area is 142 Å². The summed E-state index contributed by atoms with van der Waals surface area (Å²) < 4.78 is 13.9. The van der Waals surface area contributed by atoms with E-state index in [2.05, 4.69) is 10.9 Å². The summed E-state index contributed by atoms with van der Waals surface area (Å²) in [5.41, 5.74) is 6.38. The van der Waals surface area contributed by atoms with E-state index >= 15 is 0 Å². The van der Waals surface area contributed by atoms with Crippen LogP contribution in [-0.4, -0.2) is 11.8 Å². The number of thiophene rings is 1. The molecule has 2 amide bonds. The SMILES string of the molecule is Cc1c(C(=O)NNC(=O)Cc2ccc(F)cc2)sc2ccccc12. The summed E-state index contributed by atoms with van der Waals surface area (Å²) in [6.07, 6.45) is 0.0615. The molecule has 24 heavy (non-hydrogen) atoms. The highest BCUT2D eigenvalue weighted by Gasteiger charge is 2.15. The minimum atomic E-state index is -0.367. The van der Waals surface area contributed by atoms with Crippen molar-refractivity contribution in [3.63, 3.8) is 0 Å². The highest BCUT2D eigenvalue weighted by atomic mass is 32.1. The van der Waals surface area contributed by atoms with Crippen molar-refractivity contribution in [2.75, 3.05) is 0 Å². The summed E-state index contributed by atoms with van der Waals surface area (Å²) in [5, 5.41) is 1.03. The van der Waals surface area contributed by atoms with Gasteiger partial charge in [0, 0.05) is 4.70 Å². The van der Waals surface area contributed by atoms with Gasteiger partial charge in [0.15, 0.2) is 0 Å². The number of benzene rings is 2. The molecule has 1 aromatic heterocycles. The van der Waals surface area contributed by atoms with E-state index in [1.165, 1.54) is 35.6 Å². The number of rotatable bonds is 3. The van der Waals surface area contributed by atoms with Gasteiger partial charge in [0.2, 0.25) is 5.91 Å². The van der Waals surface area contributed by atoms with Gasteiger partial charge in [-0.2, -0.15) is 0 Å². The van der Waals surface area contributed by atoms with E-state index < -0.39 is 0 Å². The number of nitrogens with one attached hydrogen (secondary N) is 2. The van der Waals surface area contributed by atoms with Crippen LogP contribution in [0.2, 0.25) is 0 Å². The van der Waals surface area contributed by atoms with Crippen molar-refractivity contribution in [1.29, 1.82) is 0 Å². The zero-order valence-electron chi connectivity index (χ0n) is 12.9. The molecule has 2 aromatic carbocycles. The lowest BCUT2D eigenvalue weighted by Crippen LogP contribution is -2.42. The van der Waals surface area contributed by atoms with E-state index in [-0.39, 0.29) is 24.1 Å². The number of carbonyl (C=O) groups is 2. The zero-order valence-corrected chi connectivity index (χ0v) is 13.7. The van der Waals surface area contributed by atoms with Crippen LogP contribution in [0.3, 0.4) is 0 Å². The molecule has 0 aliphatic heterocycles. The van der Waals surface area contributed by atoms with Crippen molar-refractivity contribution in [2.24, 2.45) is 0 Å². The van der Waals surface area contributed by atoms with Crippen LogP contribution in [0, 0.1) is 12.7 Å². The van der Waals surface area contributed by atoms with Gasteiger partial charge in [-0.3, -0.25) is 20.4 Å². The molecule has 6 heteroatoms. The number of hydrazine groups is 1. The highest BCUT2D eigenvalue weighted by Crippen LogP contribution is 2.30. The molecule has 0 saturated heterocycles. The first kappa shape index (κ1) is 16.1. The number of amides is 2. The minimum Gasteiger partial charge on any atom is -0.273 e. The summed E-state index contributed by atoms with van der Waals surface area (Å²) in [4.78, 5) is 24.7.